The summed E-state index contributed by atoms with van der Waals surface area (Å²) in [7, 11) is 0. The smallest absolute Gasteiger partial charge is 0.274 e. The molecule has 1 aromatic heterocycles. The number of pyridine rings is 1. The van der Waals surface area contributed by atoms with Gasteiger partial charge in [0.2, 0.25) is 0 Å². The Morgan fingerprint density at radius 3 is 2.21 bits per heavy atom. The van der Waals surface area contributed by atoms with Crippen LogP contribution in [0.2, 0.25) is 0 Å². The number of aryl methyl sites for hydroxylation is 1. The molecule has 5 heteroatoms. The third kappa shape index (κ3) is 4.14. The van der Waals surface area contributed by atoms with E-state index in [0.29, 0.717) is 5.69 Å². The molecule has 1 saturated heterocycles. The molecule has 1 amide bonds. The highest BCUT2D eigenvalue weighted by molar-refractivity contribution is 6.02. The Kier molecular flexibility index (Phi) is 5.24. The normalized spacial score (nSPS) is 14.0. The van der Waals surface area contributed by atoms with Gasteiger partial charge in [0.05, 0.1) is 11.9 Å². The molecular weight excluding hydrogens is 348 g/mol. The molecule has 1 aliphatic rings. The van der Waals surface area contributed by atoms with E-state index in [1.165, 1.54) is 11.3 Å². The zero-order valence-corrected chi connectivity index (χ0v) is 16.0. The Hall–Kier alpha value is -3.34. The number of carbonyl (C=O) groups is 1. The summed E-state index contributed by atoms with van der Waals surface area (Å²) in [4.78, 5) is 21.4. The third-order valence-corrected chi connectivity index (χ3v) is 5.02. The number of hydrogen-bond donors (Lipinski definition) is 1. The second kappa shape index (κ2) is 8.13. The molecule has 142 valence electrons. The van der Waals surface area contributed by atoms with E-state index in [2.05, 4.69) is 51.3 Å². The van der Waals surface area contributed by atoms with Gasteiger partial charge in [-0.3, -0.25) is 4.79 Å². The number of rotatable bonds is 4. The minimum absolute atomic E-state index is 0.193. The van der Waals surface area contributed by atoms with Gasteiger partial charge >= 0.3 is 0 Å². The first-order chi connectivity index (χ1) is 13.7. The fourth-order valence-electron chi connectivity index (χ4n) is 3.47. The predicted molar refractivity (Wildman–Crippen MR) is 114 cm³/mol. The molecule has 3 aromatic rings. The van der Waals surface area contributed by atoms with Crippen LogP contribution in [0.4, 0.5) is 17.1 Å². The molecular formula is C23H24N4O. The number of nitrogens with zero attached hydrogens (tertiary/aromatic N) is 3. The average molecular weight is 372 g/mol. The highest BCUT2D eigenvalue weighted by Gasteiger charge is 2.18. The van der Waals surface area contributed by atoms with Crippen molar-refractivity contribution in [1.82, 2.24) is 4.98 Å². The van der Waals surface area contributed by atoms with E-state index in [9.17, 15) is 4.79 Å². The van der Waals surface area contributed by atoms with Crippen molar-refractivity contribution in [2.45, 2.75) is 6.92 Å². The number of nitrogens with one attached hydrogen (secondary N) is 1. The van der Waals surface area contributed by atoms with E-state index < -0.39 is 0 Å². The molecule has 2 aromatic carbocycles. The fourth-order valence-corrected chi connectivity index (χ4v) is 3.47. The van der Waals surface area contributed by atoms with E-state index in [0.717, 1.165) is 37.6 Å². The first kappa shape index (κ1) is 18.0. The van der Waals surface area contributed by atoms with Gasteiger partial charge < -0.3 is 15.1 Å². The second-order valence-corrected chi connectivity index (χ2v) is 7.03. The molecule has 0 spiro atoms. The van der Waals surface area contributed by atoms with Crippen LogP contribution in [-0.4, -0.2) is 37.1 Å². The zero-order valence-electron chi connectivity index (χ0n) is 16.0. The predicted octanol–water partition coefficient (Wildman–Crippen LogP) is 3.97. The van der Waals surface area contributed by atoms with Gasteiger partial charge in [-0.1, -0.05) is 30.3 Å². The minimum Gasteiger partial charge on any atom is -0.368 e. The van der Waals surface area contributed by atoms with Crippen LogP contribution in [0.3, 0.4) is 0 Å². The maximum Gasteiger partial charge on any atom is 0.274 e. The van der Waals surface area contributed by atoms with Crippen molar-refractivity contribution in [3.63, 3.8) is 0 Å². The lowest BCUT2D eigenvalue weighted by Gasteiger charge is -2.37. The molecule has 0 bridgehead atoms. The van der Waals surface area contributed by atoms with Crippen molar-refractivity contribution in [1.29, 1.82) is 0 Å². The van der Waals surface area contributed by atoms with Gasteiger partial charge in [-0.2, -0.15) is 0 Å². The van der Waals surface area contributed by atoms with Crippen LogP contribution in [0.15, 0.2) is 72.9 Å². The molecule has 2 heterocycles. The Balaban J connectivity index is 1.36. The minimum atomic E-state index is -0.193. The van der Waals surface area contributed by atoms with Crippen LogP contribution in [0.25, 0.3) is 0 Å². The lowest BCUT2D eigenvalue weighted by molar-refractivity contribution is 0.102. The summed E-state index contributed by atoms with van der Waals surface area (Å²) in [6, 6.07) is 21.8. The van der Waals surface area contributed by atoms with Crippen molar-refractivity contribution in [3.05, 3.63) is 84.2 Å². The summed E-state index contributed by atoms with van der Waals surface area (Å²) in [5, 5.41) is 2.86. The van der Waals surface area contributed by atoms with Crippen LogP contribution in [0, 0.1) is 6.92 Å². The molecule has 0 saturated carbocycles. The van der Waals surface area contributed by atoms with Gasteiger partial charge in [0.15, 0.2) is 0 Å². The van der Waals surface area contributed by atoms with Crippen LogP contribution >= 0.6 is 0 Å². The topological polar surface area (TPSA) is 48.5 Å². The number of aromatic nitrogens is 1. The Bertz CT molecular complexity index is 932. The quantitative estimate of drug-likeness (QED) is 0.753. The molecule has 5 nitrogen and oxygen atoms in total. The summed E-state index contributed by atoms with van der Waals surface area (Å²) in [6.45, 7) is 5.94. The lowest BCUT2D eigenvalue weighted by Crippen LogP contribution is -2.46. The number of anilines is 3. The van der Waals surface area contributed by atoms with Crippen LogP contribution in [0.1, 0.15) is 16.1 Å². The highest BCUT2D eigenvalue weighted by Crippen LogP contribution is 2.21. The fraction of sp³-hybridized carbons (Fsp3) is 0.217. The van der Waals surface area contributed by atoms with E-state index in [4.69, 9.17) is 0 Å². The van der Waals surface area contributed by atoms with Gasteiger partial charge in [0.1, 0.15) is 5.69 Å². The first-order valence-corrected chi connectivity index (χ1v) is 9.58. The Morgan fingerprint density at radius 1 is 0.857 bits per heavy atom. The van der Waals surface area contributed by atoms with Crippen LogP contribution in [0.5, 0.6) is 0 Å². The number of benzene rings is 2. The summed E-state index contributed by atoms with van der Waals surface area (Å²) < 4.78 is 0. The number of amides is 1. The van der Waals surface area contributed by atoms with E-state index in [-0.39, 0.29) is 5.91 Å². The maximum atomic E-state index is 12.3. The highest BCUT2D eigenvalue weighted by atomic mass is 16.1. The molecule has 1 N–H and O–H groups in total. The van der Waals surface area contributed by atoms with Crippen molar-refractivity contribution < 1.29 is 4.79 Å². The van der Waals surface area contributed by atoms with Gasteiger partial charge in [-0.05, 0) is 48.9 Å². The van der Waals surface area contributed by atoms with Gasteiger partial charge in [-0.15, -0.1) is 0 Å². The SMILES string of the molecule is Cc1cccc(N2CCN(c3ccc(C(=O)Nc4ccccc4)nc3)CC2)c1. The lowest BCUT2D eigenvalue weighted by atomic mass is 10.2. The number of para-hydroxylation sites is 1. The van der Waals surface area contributed by atoms with Crippen molar-refractivity contribution in [2.24, 2.45) is 0 Å². The average Bonchev–Trinajstić information content (AvgIpc) is 2.75. The zero-order chi connectivity index (χ0) is 19.3. The number of carbonyl (C=O) groups excluding carboxylic acids is 1. The number of hydrogen-bond acceptors (Lipinski definition) is 4. The standard InChI is InChI=1S/C23H24N4O/c1-18-6-5-9-20(16-18)26-12-14-27(15-13-26)21-10-11-22(24-17-21)23(28)25-19-7-3-2-4-8-19/h2-11,16-17H,12-15H2,1H3,(H,25,28). The van der Waals surface area contributed by atoms with Crippen LogP contribution in [-0.2, 0) is 0 Å². The van der Waals surface area contributed by atoms with Gasteiger partial charge in [0, 0.05) is 37.6 Å². The summed E-state index contributed by atoms with van der Waals surface area (Å²) in [6.07, 6.45) is 1.79. The molecule has 1 aliphatic heterocycles. The molecule has 0 atom stereocenters. The molecule has 0 radical (unpaired) electrons. The van der Waals surface area contributed by atoms with E-state index in [1.54, 1.807) is 12.3 Å². The second-order valence-electron chi connectivity index (χ2n) is 7.03. The molecule has 4 rings (SSSR count). The molecule has 28 heavy (non-hydrogen) atoms. The van der Waals surface area contributed by atoms with Gasteiger partial charge in [-0.25, -0.2) is 4.98 Å². The van der Waals surface area contributed by atoms with Gasteiger partial charge in [0.25, 0.3) is 5.91 Å². The molecule has 0 aliphatic carbocycles. The Morgan fingerprint density at radius 2 is 1.57 bits per heavy atom. The molecule has 0 unspecified atom stereocenters. The van der Waals surface area contributed by atoms with Crippen LogP contribution < -0.4 is 15.1 Å². The monoisotopic (exact) mass is 372 g/mol. The molecule has 1 fully saturated rings. The largest absolute Gasteiger partial charge is 0.368 e. The third-order valence-electron chi connectivity index (χ3n) is 5.02. The van der Waals surface area contributed by atoms with Crippen molar-refractivity contribution in [2.75, 3.05) is 41.3 Å². The summed E-state index contributed by atoms with van der Waals surface area (Å²) >= 11 is 0. The summed E-state index contributed by atoms with van der Waals surface area (Å²) in [5.41, 5.74) is 4.82. The van der Waals surface area contributed by atoms with E-state index >= 15 is 0 Å². The van der Waals surface area contributed by atoms with Crippen molar-refractivity contribution in [3.8, 4) is 0 Å². The van der Waals surface area contributed by atoms with Crippen molar-refractivity contribution >= 4 is 23.0 Å². The van der Waals surface area contributed by atoms with E-state index in [1.807, 2.05) is 36.4 Å². The maximum absolute atomic E-state index is 12.3. The first-order valence-electron chi connectivity index (χ1n) is 9.58. The summed E-state index contributed by atoms with van der Waals surface area (Å²) in [5.74, 6) is -0.193. The Labute approximate surface area is 165 Å². The number of piperazine rings is 1.